The average molecular weight is 294 g/mol. The molecule has 0 radical (unpaired) electrons. The van der Waals surface area contributed by atoms with Crippen molar-refractivity contribution in [2.75, 3.05) is 38.1 Å². The number of anilines is 1. The number of likely N-dealkylation sites (tertiary alicyclic amines) is 1. The van der Waals surface area contributed by atoms with E-state index in [4.69, 9.17) is 0 Å². The minimum Gasteiger partial charge on any atom is -0.354 e. The Kier molecular flexibility index (Phi) is 5.94. The molecule has 0 saturated carbocycles. The van der Waals surface area contributed by atoms with Gasteiger partial charge in [-0.3, -0.25) is 0 Å². The zero-order valence-electron chi connectivity index (χ0n) is 13.4. The number of piperidine rings is 1. The molecule has 0 aromatic carbocycles. The Morgan fingerprint density at radius 2 is 2.10 bits per heavy atom. The highest BCUT2D eigenvalue weighted by molar-refractivity contribution is 5.43. The first-order chi connectivity index (χ1) is 10.2. The molecule has 5 heteroatoms. The molecule has 1 aliphatic heterocycles. The van der Waals surface area contributed by atoms with E-state index in [1.165, 1.54) is 0 Å². The third-order valence-corrected chi connectivity index (χ3v) is 4.40. The lowest BCUT2D eigenvalue weighted by atomic mass is 10.0. The smallest absolute Gasteiger partial charge is 0.170 e. The van der Waals surface area contributed by atoms with Crippen molar-refractivity contribution in [1.82, 2.24) is 15.2 Å². The van der Waals surface area contributed by atoms with Gasteiger partial charge in [0, 0.05) is 44.5 Å². The van der Waals surface area contributed by atoms with Gasteiger partial charge in [0.1, 0.15) is 0 Å². The molecule has 1 fully saturated rings. The van der Waals surface area contributed by atoms with Crippen LogP contribution in [0.15, 0.2) is 12.3 Å². The summed E-state index contributed by atoms with van der Waals surface area (Å²) in [5.74, 6) is 0.305. The van der Waals surface area contributed by atoms with Crippen LogP contribution in [0.1, 0.15) is 32.3 Å². The van der Waals surface area contributed by atoms with Gasteiger partial charge >= 0.3 is 0 Å². The predicted octanol–water partition coefficient (Wildman–Crippen LogP) is 2.25. The molecule has 1 N–H and O–H groups in total. The maximum Gasteiger partial charge on any atom is 0.170 e. The first kappa shape index (κ1) is 16.2. The lowest BCUT2D eigenvalue weighted by molar-refractivity contribution is 0.220. The van der Waals surface area contributed by atoms with E-state index >= 15 is 0 Å². The molecule has 4 nitrogen and oxygen atoms in total. The molecule has 0 atom stereocenters. The lowest BCUT2D eigenvalue weighted by Crippen LogP contribution is -2.44. The number of pyridine rings is 1. The van der Waals surface area contributed by atoms with E-state index in [0.717, 1.165) is 39.0 Å². The van der Waals surface area contributed by atoms with Crippen LogP contribution in [0, 0.1) is 5.82 Å². The first-order valence-corrected chi connectivity index (χ1v) is 7.96. The van der Waals surface area contributed by atoms with Gasteiger partial charge in [0.15, 0.2) is 11.6 Å². The standard InChI is InChI=1S/C16H27FN4/c1-4-18-12-13-6-9-19-16(15(13)17)20(3)14-7-10-21(5-2)11-8-14/h6,9,14,18H,4-5,7-8,10-12H2,1-3H3. The quantitative estimate of drug-likeness (QED) is 0.872. The van der Waals surface area contributed by atoms with Crippen molar-refractivity contribution in [2.45, 2.75) is 39.3 Å². The second-order valence-electron chi connectivity index (χ2n) is 5.66. The minimum atomic E-state index is -0.182. The van der Waals surface area contributed by atoms with Crippen LogP contribution in [-0.4, -0.2) is 49.2 Å². The molecule has 2 heterocycles. The molecule has 1 aliphatic rings. The van der Waals surface area contributed by atoms with E-state index in [1.807, 2.05) is 18.9 Å². The summed E-state index contributed by atoms with van der Waals surface area (Å²) in [6.07, 6.45) is 3.86. The Morgan fingerprint density at radius 3 is 2.71 bits per heavy atom. The lowest BCUT2D eigenvalue weighted by Gasteiger charge is -2.37. The highest BCUT2D eigenvalue weighted by Crippen LogP contribution is 2.24. The summed E-state index contributed by atoms with van der Waals surface area (Å²) in [6.45, 7) is 8.88. The molecular formula is C16H27FN4. The van der Waals surface area contributed by atoms with Crippen LogP contribution in [-0.2, 0) is 6.54 Å². The maximum atomic E-state index is 14.6. The molecule has 0 bridgehead atoms. The number of hydrogen-bond donors (Lipinski definition) is 1. The normalized spacial score (nSPS) is 17.1. The fourth-order valence-corrected chi connectivity index (χ4v) is 2.91. The number of nitrogens with zero attached hydrogens (tertiary/aromatic N) is 3. The molecule has 0 spiro atoms. The first-order valence-electron chi connectivity index (χ1n) is 7.96. The highest BCUT2D eigenvalue weighted by Gasteiger charge is 2.24. The number of aromatic nitrogens is 1. The van der Waals surface area contributed by atoms with Crippen molar-refractivity contribution in [3.8, 4) is 0 Å². The summed E-state index contributed by atoms with van der Waals surface area (Å²) in [6, 6.07) is 2.14. The predicted molar refractivity (Wildman–Crippen MR) is 85.1 cm³/mol. The summed E-state index contributed by atoms with van der Waals surface area (Å²) >= 11 is 0. The van der Waals surface area contributed by atoms with Crippen molar-refractivity contribution >= 4 is 5.82 Å². The van der Waals surface area contributed by atoms with Crippen LogP contribution in [0.5, 0.6) is 0 Å². The average Bonchev–Trinajstić information content (AvgIpc) is 2.53. The molecule has 2 rings (SSSR count). The van der Waals surface area contributed by atoms with Crippen molar-refractivity contribution in [3.63, 3.8) is 0 Å². The molecule has 1 saturated heterocycles. The van der Waals surface area contributed by atoms with Gasteiger partial charge in [-0.2, -0.15) is 0 Å². The number of nitrogens with one attached hydrogen (secondary N) is 1. The van der Waals surface area contributed by atoms with Gasteiger partial charge in [-0.25, -0.2) is 9.37 Å². The molecular weight excluding hydrogens is 267 g/mol. The van der Waals surface area contributed by atoms with E-state index in [0.29, 0.717) is 24.0 Å². The van der Waals surface area contributed by atoms with Gasteiger partial charge in [-0.05, 0) is 32.0 Å². The topological polar surface area (TPSA) is 31.4 Å². The van der Waals surface area contributed by atoms with Crippen molar-refractivity contribution in [2.24, 2.45) is 0 Å². The fourth-order valence-electron chi connectivity index (χ4n) is 2.91. The minimum absolute atomic E-state index is 0.182. The third kappa shape index (κ3) is 3.92. The third-order valence-electron chi connectivity index (χ3n) is 4.40. The zero-order valence-corrected chi connectivity index (χ0v) is 13.4. The zero-order chi connectivity index (χ0) is 15.2. The van der Waals surface area contributed by atoms with Crippen LogP contribution in [0.3, 0.4) is 0 Å². The molecule has 1 aromatic rings. The van der Waals surface area contributed by atoms with Gasteiger partial charge in [0.05, 0.1) is 0 Å². The van der Waals surface area contributed by atoms with Crippen LogP contribution in [0.4, 0.5) is 10.2 Å². The van der Waals surface area contributed by atoms with E-state index in [-0.39, 0.29) is 5.82 Å². The van der Waals surface area contributed by atoms with Gasteiger partial charge in [-0.1, -0.05) is 13.8 Å². The molecule has 0 amide bonds. The van der Waals surface area contributed by atoms with Gasteiger partial charge in [0.2, 0.25) is 0 Å². The second-order valence-corrected chi connectivity index (χ2v) is 5.66. The summed E-state index contributed by atoms with van der Waals surface area (Å²) in [5, 5.41) is 3.17. The maximum absolute atomic E-state index is 14.6. The van der Waals surface area contributed by atoms with Gasteiger partial charge < -0.3 is 15.1 Å². The molecule has 0 unspecified atom stereocenters. The van der Waals surface area contributed by atoms with Crippen LogP contribution in [0.25, 0.3) is 0 Å². The molecule has 118 valence electrons. The number of halogens is 1. The summed E-state index contributed by atoms with van der Waals surface area (Å²) in [7, 11) is 1.97. The Morgan fingerprint density at radius 1 is 1.38 bits per heavy atom. The highest BCUT2D eigenvalue weighted by atomic mass is 19.1. The van der Waals surface area contributed by atoms with Crippen LogP contribution < -0.4 is 10.2 Å². The SMILES string of the molecule is CCNCc1ccnc(N(C)C2CCN(CC)CC2)c1F. The number of rotatable bonds is 6. The van der Waals surface area contributed by atoms with Crippen molar-refractivity contribution in [3.05, 3.63) is 23.6 Å². The Balaban J connectivity index is 2.07. The largest absolute Gasteiger partial charge is 0.354 e. The second kappa shape index (κ2) is 7.71. The Bertz CT molecular complexity index is 444. The molecule has 1 aromatic heterocycles. The van der Waals surface area contributed by atoms with E-state index < -0.39 is 0 Å². The Labute approximate surface area is 127 Å². The number of hydrogen-bond acceptors (Lipinski definition) is 4. The van der Waals surface area contributed by atoms with Crippen molar-refractivity contribution in [1.29, 1.82) is 0 Å². The summed E-state index contributed by atoms with van der Waals surface area (Å²) in [5.41, 5.74) is 0.694. The molecule has 0 aliphatic carbocycles. The summed E-state index contributed by atoms with van der Waals surface area (Å²) in [4.78, 5) is 8.74. The Hall–Kier alpha value is -1.20. The summed E-state index contributed by atoms with van der Waals surface area (Å²) < 4.78 is 14.6. The van der Waals surface area contributed by atoms with Gasteiger partial charge in [-0.15, -0.1) is 0 Å². The van der Waals surface area contributed by atoms with Crippen molar-refractivity contribution < 1.29 is 4.39 Å². The molecule has 21 heavy (non-hydrogen) atoms. The van der Waals surface area contributed by atoms with Crippen LogP contribution in [0.2, 0.25) is 0 Å². The van der Waals surface area contributed by atoms with E-state index in [2.05, 4.69) is 22.1 Å². The fraction of sp³-hybridized carbons (Fsp3) is 0.688. The van der Waals surface area contributed by atoms with Crippen LogP contribution >= 0.6 is 0 Å². The van der Waals surface area contributed by atoms with E-state index in [1.54, 1.807) is 12.3 Å². The van der Waals surface area contributed by atoms with Gasteiger partial charge in [0.25, 0.3) is 0 Å². The van der Waals surface area contributed by atoms with E-state index in [9.17, 15) is 4.39 Å². The monoisotopic (exact) mass is 294 g/mol.